The molecule has 0 aliphatic carbocycles. The van der Waals surface area contributed by atoms with Crippen molar-refractivity contribution < 1.29 is 14.3 Å². The molecule has 0 fully saturated rings. The lowest BCUT2D eigenvalue weighted by molar-refractivity contribution is 0.0660. The van der Waals surface area contributed by atoms with E-state index in [0.29, 0.717) is 12.1 Å². The summed E-state index contributed by atoms with van der Waals surface area (Å²) >= 11 is 0. The lowest BCUT2D eigenvalue weighted by atomic mass is 10.2. The maximum atomic E-state index is 11.0. The van der Waals surface area contributed by atoms with Crippen LogP contribution < -0.4 is 0 Å². The van der Waals surface area contributed by atoms with Crippen LogP contribution in [0.1, 0.15) is 21.9 Å². The normalized spacial score (nSPS) is 11.0. The standard InChI is InChI=1S/C14H12N2O3/c1-9-15-11-4-2-3-5-12(11)16(9)8-10-6-7-19-13(10)14(17)18/h2-7H,8H2,1H3,(H,17,18). The van der Waals surface area contributed by atoms with Gasteiger partial charge >= 0.3 is 5.97 Å². The predicted octanol–water partition coefficient (Wildman–Crippen LogP) is 2.68. The van der Waals surface area contributed by atoms with Gasteiger partial charge in [-0.3, -0.25) is 0 Å². The maximum absolute atomic E-state index is 11.0. The Balaban J connectivity index is 2.08. The number of nitrogens with zero attached hydrogens (tertiary/aromatic N) is 2. The van der Waals surface area contributed by atoms with Gasteiger partial charge < -0.3 is 14.1 Å². The van der Waals surface area contributed by atoms with Crippen molar-refractivity contribution in [2.24, 2.45) is 0 Å². The van der Waals surface area contributed by atoms with Gasteiger partial charge in [-0.05, 0) is 25.1 Å². The highest BCUT2D eigenvalue weighted by atomic mass is 16.4. The van der Waals surface area contributed by atoms with E-state index in [1.54, 1.807) is 6.07 Å². The third-order valence-corrected chi connectivity index (χ3v) is 3.11. The summed E-state index contributed by atoms with van der Waals surface area (Å²) in [5, 5.41) is 9.05. The second-order valence-corrected chi connectivity index (χ2v) is 4.31. The van der Waals surface area contributed by atoms with E-state index in [9.17, 15) is 4.79 Å². The van der Waals surface area contributed by atoms with Gasteiger partial charge in [-0.25, -0.2) is 9.78 Å². The Morgan fingerprint density at radius 3 is 2.95 bits per heavy atom. The minimum absolute atomic E-state index is 0.0165. The summed E-state index contributed by atoms with van der Waals surface area (Å²) in [7, 11) is 0. The Labute approximate surface area is 109 Å². The molecule has 96 valence electrons. The van der Waals surface area contributed by atoms with Crippen molar-refractivity contribution in [2.45, 2.75) is 13.5 Å². The summed E-state index contributed by atoms with van der Waals surface area (Å²) in [4.78, 5) is 15.5. The molecule has 1 N–H and O–H groups in total. The molecule has 0 amide bonds. The van der Waals surface area contributed by atoms with Crippen molar-refractivity contribution in [1.29, 1.82) is 0 Å². The minimum atomic E-state index is -1.05. The van der Waals surface area contributed by atoms with E-state index in [2.05, 4.69) is 4.98 Å². The largest absolute Gasteiger partial charge is 0.475 e. The first-order chi connectivity index (χ1) is 9.16. The van der Waals surface area contributed by atoms with Gasteiger partial charge in [-0.2, -0.15) is 0 Å². The van der Waals surface area contributed by atoms with Gasteiger partial charge in [0.2, 0.25) is 5.76 Å². The fourth-order valence-electron chi connectivity index (χ4n) is 2.21. The number of fused-ring (bicyclic) bond motifs is 1. The third-order valence-electron chi connectivity index (χ3n) is 3.11. The van der Waals surface area contributed by atoms with Gasteiger partial charge in [-0.15, -0.1) is 0 Å². The molecule has 5 heteroatoms. The van der Waals surface area contributed by atoms with Crippen LogP contribution in [0.15, 0.2) is 41.0 Å². The monoisotopic (exact) mass is 256 g/mol. The predicted molar refractivity (Wildman–Crippen MR) is 69.2 cm³/mol. The number of aromatic nitrogens is 2. The second kappa shape index (κ2) is 4.28. The molecule has 2 aromatic heterocycles. The molecular formula is C14H12N2O3. The number of carboxylic acids is 1. The van der Waals surface area contributed by atoms with E-state index in [-0.39, 0.29) is 5.76 Å². The average Bonchev–Trinajstić information content (AvgIpc) is 2.96. The lowest BCUT2D eigenvalue weighted by Crippen LogP contribution is -2.06. The fourth-order valence-corrected chi connectivity index (χ4v) is 2.21. The van der Waals surface area contributed by atoms with Crippen LogP contribution in [0, 0.1) is 6.92 Å². The van der Waals surface area contributed by atoms with Gasteiger partial charge in [0.15, 0.2) is 0 Å². The highest BCUT2D eigenvalue weighted by molar-refractivity contribution is 5.86. The number of hydrogen-bond acceptors (Lipinski definition) is 3. The number of aryl methyl sites for hydroxylation is 1. The first-order valence-electron chi connectivity index (χ1n) is 5.88. The van der Waals surface area contributed by atoms with E-state index in [0.717, 1.165) is 16.9 Å². The molecule has 2 heterocycles. The first kappa shape index (κ1) is 11.5. The van der Waals surface area contributed by atoms with Gasteiger partial charge in [0.1, 0.15) is 5.82 Å². The summed E-state index contributed by atoms with van der Waals surface area (Å²) in [6.07, 6.45) is 1.40. The van der Waals surface area contributed by atoms with Crippen molar-refractivity contribution in [3.05, 3.63) is 53.7 Å². The Bertz CT molecular complexity index is 755. The highest BCUT2D eigenvalue weighted by Crippen LogP contribution is 2.19. The van der Waals surface area contributed by atoms with Crippen LogP contribution in [0.25, 0.3) is 11.0 Å². The number of hydrogen-bond donors (Lipinski definition) is 1. The highest BCUT2D eigenvalue weighted by Gasteiger charge is 2.16. The SMILES string of the molecule is Cc1nc2ccccc2n1Cc1ccoc1C(=O)O. The minimum Gasteiger partial charge on any atom is -0.475 e. The van der Waals surface area contributed by atoms with Crippen LogP contribution in [-0.4, -0.2) is 20.6 Å². The molecular weight excluding hydrogens is 244 g/mol. The third kappa shape index (κ3) is 1.89. The fraction of sp³-hybridized carbons (Fsp3) is 0.143. The number of benzene rings is 1. The van der Waals surface area contributed by atoms with E-state index >= 15 is 0 Å². The molecule has 0 saturated heterocycles. The molecule has 19 heavy (non-hydrogen) atoms. The second-order valence-electron chi connectivity index (χ2n) is 4.31. The maximum Gasteiger partial charge on any atom is 0.372 e. The van der Waals surface area contributed by atoms with Gasteiger partial charge in [-0.1, -0.05) is 12.1 Å². The number of imidazole rings is 1. The van der Waals surface area contributed by atoms with Crippen LogP contribution in [0.3, 0.4) is 0 Å². The Kier molecular flexibility index (Phi) is 2.59. The molecule has 1 aromatic carbocycles. The molecule has 0 aliphatic heterocycles. The number of rotatable bonds is 3. The van der Waals surface area contributed by atoms with Crippen LogP contribution in [0.5, 0.6) is 0 Å². The van der Waals surface area contributed by atoms with Crippen LogP contribution in [0.2, 0.25) is 0 Å². The number of para-hydroxylation sites is 2. The van der Waals surface area contributed by atoms with Gasteiger partial charge in [0.05, 0.1) is 23.8 Å². The lowest BCUT2D eigenvalue weighted by Gasteiger charge is -2.05. The van der Waals surface area contributed by atoms with E-state index in [1.165, 1.54) is 6.26 Å². The van der Waals surface area contributed by atoms with E-state index in [4.69, 9.17) is 9.52 Å². The molecule has 3 rings (SSSR count). The topological polar surface area (TPSA) is 68.3 Å². The molecule has 3 aromatic rings. The summed E-state index contributed by atoms with van der Waals surface area (Å²) < 4.78 is 6.97. The van der Waals surface area contributed by atoms with Crippen molar-refractivity contribution in [2.75, 3.05) is 0 Å². The van der Waals surface area contributed by atoms with Crippen LogP contribution in [0.4, 0.5) is 0 Å². The van der Waals surface area contributed by atoms with E-state index in [1.807, 2.05) is 35.8 Å². The van der Waals surface area contributed by atoms with Gasteiger partial charge in [0.25, 0.3) is 0 Å². The first-order valence-corrected chi connectivity index (χ1v) is 5.88. The number of carboxylic acid groups (broad SMARTS) is 1. The Morgan fingerprint density at radius 2 is 2.16 bits per heavy atom. The zero-order valence-electron chi connectivity index (χ0n) is 10.3. The summed E-state index contributed by atoms with van der Waals surface area (Å²) in [6, 6.07) is 9.45. The van der Waals surface area contributed by atoms with Crippen molar-refractivity contribution in [1.82, 2.24) is 9.55 Å². The molecule has 0 unspecified atom stereocenters. The van der Waals surface area contributed by atoms with Gasteiger partial charge in [0, 0.05) is 5.56 Å². The van der Waals surface area contributed by atoms with Crippen LogP contribution in [-0.2, 0) is 6.54 Å². The number of aromatic carboxylic acids is 1. The summed E-state index contributed by atoms with van der Waals surface area (Å²) in [5.41, 5.74) is 2.52. The molecule has 0 bridgehead atoms. The van der Waals surface area contributed by atoms with Crippen molar-refractivity contribution in [3.8, 4) is 0 Å². The van der Waals surface area contributed by atoms with Crippen LogP contribution >= 0.6 is 0 Å². The molecule has 0 aliphatic rings. The number of carbonyl (C=O) groups is 1. The zero-order chi connectivity index (χ0) is 13.4. The Morgan fingerprint density at radius 1 is 1.37 bits per heavy atom. The summed E-state index contributed by atoms with van der Waals surface area (Å²) in [5.74, 6) is -0.224. The van der Waals surface area contributed by atoms with Crippen molar-refractivity contribution >= 4 is 17.0 Å². The Hall–Kier alpha value is -2.56. The van der Waals surface area contributed by atoms with E-state index < -0.39 is 5.97 Å². The molecule has 0 spiro atoms. The molecule has 5 nitrogen and oxygen atoms in total. The zero-order valence-corrected chi connectivity index (χ0v) is 10.3. The quantitative estimate of drug-likeness (QED) is 0.782. The van der Waals surface area contributed by atoms with Crippen molar-refractivity contribution in [3.63, 3.8) is 0 Å². The smallest absolute Gasteiger partial charge is 0.372 e. The molecule has 0 saturated carbocycles. The number of furan rings is 1. The molecule has 0 radical (unpaired) electrons. The molecule has 0 atom stereocenters. The average molecular weight is 256 g/mol. The summed E-state index contributed by atoms with van der Waals surface area (Å²) in [6.45, 7) is 2.34.